The maximum atomic E-state index is 12.2. The van der Waals surface area contributed by atoms with Crippen molar-refractivity contribution in [2.45, 2.75) is 147 Å². The summed E-state index contributed by atoms with van der Waals surface area (Å²) in [6, 6.07) is 10.6. The van der Waals surface area contributed by atoms with E-state index in [-0.39, 0.29) is 47.9 Å². The predicted molar refractivity (Wildman–Crippen MR) is 327 cm³/mol. The topological polar surface area (TPSA) is 281 Å². The van der Waals surface area contributed by atoms with Crippen molar-refractivity contribution in [3.8, 4) is 0 Å². The van der Waals surface area contributed by atoms with Gasteiger partial charge < -0.3 is 85.7 Å². The Kier molecular flexibility index (Phi) is 38.5. The highest BCUT2D eigenvalue weighted by atomic mass is 32.2. The van der Waals surface area contributed by atoms with Crippen LogP contribution in [0.15, 0.2) is 42.6 Å². The number of amides is 5. The minimum atomic E-state index is -0.0662. The first-order chi connectivity index (χ1) is 40.6. The monoisotopic (exact) mass is 1190 g/mol. The largest absolute Gasteiger partial charge is 0.393 e. The minimum absolute atomic E-state index is 0.00754. The number of anilines is 4. The second kappa shape index (κ2) is 45.3. The van der Waals surface area contributed by atoms with E-state index in [1.807, 2.05) is 54.1 Å². The number of ether oxygens (including phenoxy) is 8. The first kappa shape index (κ1) is 70.4. The number of hydrogen-bond donors (Lipinski definition) is 8. The van der Waals surface area contributed by atoms with E-state index in [9.17, 15) is 19.2 Å². The summed E-state index contributed by atoms with van der Waals surface area (Å²) in [5.41, 5.74) is 8.25. The number of unbranched alkanes of at least 4 members (excludes halogenated alkanes) is 5. The lowest BCUT2D eigenvalue weighted by Crippen LogP contribution is -2.36. The van der Waals surface area contributed by atoms with Crippen LogP contribution in [0, 0.1) is 0 Å². The molecule has 4 atom stereocenters. The number of nitrogens with two attached hydrogens (primary N) is 1. The third-order valence-corrected chi connectivity index (χ3v) is 15.1. The first-order valence-electron chi connectivity index (χ1n) is 30.3. The van der Waals surface area contributed by atoms with Crippen LogP contribution >= 0.6 is 11.8 Å². The number of benzene rings is 1. The van der Waals surface area contributed by atoms with Crippen LogP contribution in [0.25, 0.3) is 0 Å². The lowest BCUT2D eigenvalue weighted by molar-refractivity contribution is -0.122. The van der Waals surface area contributed by atoms with Crippen molar-refractivity contribution in [2.24, 2.45) is 0 Å². The Morgan fingerprint density at radius 2 is 1.18 bits per heavy atom. The summed E-state index contributed by atoms with van der Waals surface area (Å²) in [6.07, 6.45) is 14.0. The number of fused-ring (bicyclic) bond motifs is 1. The zero-order valence-electron chi connectivity index (χ0n) is 50.2. The van der Waals surface area contributed by atoms with Gasteiger partial charge in [-0.25, -0.2) is 4.79 Å². The number of carbonyl (C=O) groups is 4. The lowest BCUT2D eigenvalue weighted by atomic mass is 10.0. The molecule has 2 aromatic rings. The highest BCUT2D eigenvalue weighted by Crippen LogP contribution is 2.34. The molecule has 2 aliphatic heterocycles. The van der Waals surface area contributed by atoms with Gasteiger partial charge in [0.05, 0.1) is 124 Å². The van der Waals surface area contributed by atoms with Gasteiger partial charge in [0.25, 0.3) is 0 Å². The number of allylic oxidation sites excluding steroid dienone is 1. The summed E-state index contributed by atoms with van der Waals surface area (Å²) in [4.78, 5) is 59.7. The zero-order chi connectivity index (χ0) is 59.4. The van der Waals surface area contributed by atoms with E-state index >= 15 is 0 Å². The predicted octanol–water partition coefficient (Wildman–Crippen LogP) is 5.94. The summed E-state index contributed by atoms with van der Waals surface area (Å²) in [5, 5.41) is 22.1. The van der Waals surface area contributed by atoms with Gasteiger partial charge in [0.2, 0.25) is 23.7 Å². The molecular formula is C59H101N11O12S. The van der Waals surface area contributed by atoms with Crippen molar-refractivity contribution in [3.05, 3.63) is 48.2 Å². The van der Waals surface area contributed by atoms with Crippen molar-refractivity contribution >= 4 is 58.8 Å². The molecule has 24 heteroatoms. The van der Waals surface area contributed by atoms with Crippen LogP contribution in [0.5, 0.6) is 0 Å². The van der Waals surface area contributed by atoms with Gasteiger partial charge >= 0.3 is 6.03 Å². The van der Waals surface area contributed by atoms with Crippen LogP contribution in [-0.4, -0.2) is 194 Å². The van der Waals surface area contributed by atoms with Gasteiger partial charge in [-0.05, 0) is 71.3 Å². The molecule has 4 rings (SSSR count). The molecule has 0 saturated carbocycles. The minimum Gasteiger partial charge on any atom is -0.393 e. The molecule has 23 nitrogen and oxygen atoms in total. The van der Waals surface area contributed by atoms with Crippen LogP contribution in [-0.2, 0) is 58.8 Å². The number of thioether (sulfide) groups is 1. The number of rotatable bonds is 52. The highest BCUT2D eigenvalue weighted by molar-refractivity contribution is 8.00. The number of carbonyl (C=O) groups excluding carboxylic acids is 4. The van der Waals surface area contributed by atoms with E-state index in [0.717, 1.165) is 75.5 Å². The molecule has 0 aliphatic carbocycles. The van der Waals surface area contributed by atoms with Crippen molar-refractivity contribution in [1.82, 2.24) is 36.6 Å². The van der Waals surface area contributed by atoms with E-state index in [0.29, 0.717) is 180 Å². The van der Waals surface area contributed by atoms with Crippen LogP contribution in [0.4, 0.5) is 28.1 Å². The summed E-state index contributed by atoms with van der Waals surface area (Å²) in [6.45, 7) is 17.7. The maximum Gasteiger partial charge on any atom is 0.315 e. The SMILES string of the molecule is C/C=C/N(c1nc(N[C@H](CC)COCCOCCOCCOCCOCCOCCOCCOCCNC(=O)CCCCCNC(=O)CCCCCNC(=O)CCCC[C@@H]2SC[C@@H]3NC(=O)N[C@@H]32)nc(NCc2ccccc2)c1N)C(C)C. The number of nitrogens with one attached hydrogen (secondary N) is 7. The third-order valence-electron chi connectivity index (χ3n) is 13.5. The molecule has 0 radical (unpaired) electrons. The van der Waals surface area contributed by atoms with Crippen molar-refractivity contribution in [2.75, 3.05) is 152 Å². The number of nitrogens with zero attached hydrogens (tertiary/aromatic N) is 3. The summed E-state index contributed by atoms with van der Waals surface area (Å²) in [5.74, 6) is 2.73. The summed E-state index contributed by atoms with van der Waals surface area (Å²) < 4.78 is 45.1. The Hall–Kier alpha value is -5.05. The van der Waals surface area contributed by atoms with Gasteiger partial charge in [-0.3, -0.25) is 14.4 Å². The zero-order valence-corrected chi connectivity index (χ0v) is 51.0. The normalized spacial score (nSPS) is 16.0. The highest BCUT2D eigenvalue weighted by Gasteiger charge is 2.42. The van der Waals surface area contributed by atoms with Gasteiger partial charge in [-0.15, -0.1) is 0 Å². The molecule has 83 heavy (non-hydrogen) atoms. The smallest absolute Gasteiger partial charge is 0.315 e. The van der Waals surface area contributed by atoms with Gasteiger partial charge in [0.15, 0.2) is 11.6 Å². The van der Waals surface area contributed by atoms with E-state index in [1.54, 1.807) is 0 Å². The summed E-state index contributed by atoms with van der Waals surface area (Å²) in [7, 11) is 0. The molecule has 9 N–H and O–H groups in total. The molecule has 2 fully saturated rings. The fraction of sp³-hybridized carbons (Fsp3) is 0.729. The number of urea groups is 1. The second-order valence-electron chi connectivity index (χ2n) is 20.6. The first-order valence-corrected chi connectivity index (χ1v) is 31.4. The average Bonchev–Trinajstić information content (AvgIpc) is 4.28. The van der Waals surface area contributed by atoms with Crippen molar-refractivity contribution in [3.63, 3.8) is 0 Å². The van der Waals surface area contributed by atoms with Gasteiger partial charge in [0, 0.05) is 68.7 Å². The van der Waals surface area contributed by atoms with E-state index < -0.39 is 0 Å². The van der Waals surface area contributed by atoms with Gasteiger partial charge in [-0.1, -0.05) is 62.6 Å². The standard InChI is InChI=1S/C59H101N11O12S/c1-5-27-70(46(3)4)57-54(60)56(64-43-47-18-10-7-11-19-47)68-58(69-57)65-48(6-2)44-82-42-41-81-40-39-80-38-37-79-36-35-78-34-33-77-32-31-76-30-29-75-28-26-63-53(73)22-13-9-17-24-61-51(71)21-12-8-16-25-62-52(72)23-15-14-20-50-55-49(45-83-50)66-59(74)67-55/h5,7,10-11,18-19,27,46,48-50,55H,6,8-9,12-17,20-26,28-45,60H2,1-4H3,(H,61,71)(H,62,72)(H,63,73)(H2,66,67,74)(H2,64,65,68,69)/b27-5+/t48-,49+,50+,55+/m1/s1. The fourth-order valence-corrected chi connectivity index (χ4v) is 10.5. The molecule has 0 spiro atoms. The lowest BCUT2D eigenvalue weighted by Gasteiger charge is -2.27. The van der Waals surface area contributed by atoms with E-state index in [2.05, 4.69) is 70.1 Å². The van der Waals surface area contributed by atoms with Gasteiger partial charge in [-0.2, -0.15) is 21.7 Å². The van der Waals surface area contributed by atoms with Crippen LogP contribution in [0.1, 0.15) is 117 Å². The molecular weight excluding hydrogens is 1090 g/mol. The second-order valence-corrected chi connectivity index (χ2v) is 21.9. The van der Waals surface area contributed by atoms with Crippen LogP contribution in [0.2, 0.25) is 0 Å². The Bertz CT molecular complexity index is 2090. The Balaban J connectivity index is 0.821. The van der Waals surface area contributed by atoms with Crippen LogP contribution < -0.4 is 47.9 Å². The van der Waals surface area contributed by atoms with Gasteiger partial charge in [0.1, 0.15) is 5.69 Å². The van der Waals surface area contributed by atoms with Crippen LogP contribution in [0.3, 0.4) is 0 Å². The Morgan fingerprint density at radius 1 is 0.675 bits per heavy atom. The number of hydrogen-bond acceptors (Lipinski definition) is 19. The van der Waals surface area contributed by atoms with Crippen molar-refractivity contribution < 1.29 is 57.1 Å². The molecule has 0 unspecified atom stereocenters. The van der Waals surface area contributed by atoms with Crippen molar-refractivity contribution in [1.29, 1.82) is 0 Å². The number of nitrogen functional groups attached to an aromatic ring is 1. The Morgan fingerprint density at radius 3 is 1.70 bits per heavy atom. The fourth-order valence-electron chi connectivity index (χ4n) is 8.92. The third kappa shape index (κ3) is 32.2. The molecule has 5 amide bonds. The van der Waals surface area contributed by atoms with E-state index in [1.165, 1.54) is 0 Å². The molecule has 2 aliphatic rings. The molecule has 0 bridgehead atoms. The average molecular weight is 1190 g/mol. The maximum absolute atomic E-state index is 12.2. The molecule has 1 aromatic carbocycles. The molecule has 1 aromatic heterocycles. The quantitative estimate of drug-likeness (QED) is 0.0281. The van der Waals surface area contributed by atoms with E-state index in [4.69, 9.17) is 53.6 Å². The summed E-state index contributed by atoms with van der Waals surface area (Å²) >= 11 is 1.90. The Labute approximate surface area is 498 Å². The molecule has 3 heterocycles. The number of aromatic nitrogens is 2. The molecule has 2 saturated heterocycles. The molecule has 470 valence electrons.